The third-order valence-corrected chi connectivity index (χ3v) is 5.00. The molecule has 4 aromatic carbocycles. The quantitative estimate of drug-likeness (QED) is 0.263. The molecule has 0 bridgehead atoms. The zero-order valence-electron chi connectivity index (χ0n) is 15.6. The minimum absolute atomic E-state index is 0.0759. The van der Waals surface area contributed by atoms with E-state index in [2.05, 4.69) is 0 Å². The van der Waals surface area contributed by atoms with Gasteiger partial charge in [0.05, 0.1) is 19.1 Å². The maximum Gasteiger partial charge on any atom is 0.273 e. The van der Waals surface area contributed by atoms with Crippen LogP contribution in [0.3, 0.4) is 0 Å². The molecule has 0 radical (unpaired) electrons. The molecule has 4 aromatic rings. The van der Waals surface area contributed by atoms with E-state index in [0.717, 1.165) is 27.1 Å². The molecule has 0 unspecified atom stereocenters. The second-order valence-corrected chi connectivity index (χ2v) is 6.52. The minimum Gasteiger partial charge on any atom is -0.495 e. The molecule has 140 valence electrons. The van der Waals surface area contributed by atoms with Gasteiger partial charge in [-0.1, -0.05) is 54.6 Å². The molecular formula is C23H19NO4. The molecule has 5 heteroatoms. The van der Waals surface area contributed by atoms with Crippen molar-refractivity contribution in [2.45, 2.75) is 6.42 Å². The van der Waals surface area contributed by atoms with Gasteiger partial charge >= 0.3 is 0 Å². The van der Waals surface area contributed by atoms with Crippen molar-refractivity contribution < 1.29 is 14.4 Å². The Labute approximate surface area is 162 Å². The van der Waals surface area contributed by atoms with Crippen LogP contribution in [0.1, 0.15) is 11.1 Å². The van der Waals surface area contributed by atoms with Crippen molar-refractivity contribution in [1.82, 2.24) is 0 Å². The molecule has 0 amide bonds. The third-order valence-electron chi connectivity index (χ3n) is 5.00. The Morgan fingerprint density at radius 3 is 2.00 bits per heavy atom. The molecule has 28 heavy (non-hydrogen) atoms. The van der Waals surface area contributed by atoms with Crippen LogP contribution in [-0.2, 0) is 6.42 Å². The van der Waals surface area contributed by atoms with Crippen molar-refractivity contribution in [3.63, 3.8) is 0 Å². The van der Waals surface area contributed by atoms with Gasteiger partial charge in [-0.3, -0.25) is 10.1 Å². The summed E-state index contributed by atoms with van der Waals surface area (Å²) in [6.45, 7) is 0. The highest BCUT2D eigenvalue weighted by atomic mass is 16.6. The first-order valence-electron chi connectivity index (χ1n) is 8.92. The van der Waals surface area contributed by atoms with Crippen LogP contribution in [0.5, 0.6) is 11.5 Å². The molecular weight excluding hydrogens is 354 g/mol. The largest absolute Gasteiger partial charge is 0.495 e. The zero-order chi connectivity index (χ0) is 19.7. The number of methoxy groups -OCH3 is 2. The highest BCUT2D eigenvalue weighted by Gasteiger charge is 2.24. The number of rotatable bonds is 5. The summed E-state index contributed by atoms with van der Waals surface area (Å²) in [6.07, 6.45) is 0.423. The Kier molecular flexibility index (Phi) is 4.57. The van der Waals surface area contributed by atoms with Crippen LogP contribution in [0.4, 0.5) is 5.69 Å². The number of nitro benzene ring substituents is 1. The summed E-state index contributed by atoms with van der Waals surface area (Å²) >= 11 is 0. The molecule has 0 spiro atoms. The molecule has 5 nitrogen and oxygen atoms in total. The van der Waals surface area contributed by atoms with Gasteiger partial charge in [0.2, 0.25) is 0 Å². The van der Waals surface area contributed by atoms with E-state index < -0.39 is 0 Å². The summed E-state index contributed by atoms with van der Waals surface area (Å²) in [6, 6.07) is 20.8. The maximum absolute atomic E-state index is 11.8. The predicted octanol–water partition coefficient (Wildman–Crippen LogP) is 5.51. The van der Waals surface area contributed by atoms with Gasteiger partial charge in [0.25, 0.3) is 5.69 Å². The summed E-state index contributed by atoms with van der Waals surface area (Å²) in [5.74, 6) is 1.32. The van der Waals surface area contributed by atoms with Crippen LogP contribution in [0.25, 0.3) is 21.5 Å². The van der Waals surface area contributed by atoms with Gasteiger partial charge in [-0.15, -0.1) is 0 Å². The van der Waals surface area contributed by atoms with Gasteiger partial charge in [-0.25, -0.2) is 0 Å². The van der Waals surface area contributed by atoms with Gasteiger partial charge in [-0.05, 0) is 11.6 Å². The highest BCUT2D eigenvalue weighted by Crippen LogP contribution is 2.46. The van der Waals surface area contributed by atoms with E-state index in [1.807, 2.05) is 54.6 Å². The fraction of sp³-hybridized carbons (Fsp3) is 0.130. The number of ether oxygens (including phenoxy) is 2. The maximum atomic E-state index is 11.8. The first kappa shape index (κ1) is 17.8. The molecule has 0 N–H and O–H groups in total. The van der Waals surface area contributed by atoms with Crippen molar-refractivity contribution in [1.29, 1.82) is 0 Å². The lowest BCUT2D eigenvalue weighted by Gasteiger charge is -2.17. The minimum atomic E-state index is -0.335. The van der Waals surface area contributed by atoms with E-state index in [-0.39, 0.29) is 10.6 Å². The van der Waals surface area contributed by atoms with Crippen molar-refractivity contribution in [2.24, 2.45) is 0 Å². The lowest BCUT2D eigenvalue weighted by molar-refractivity contribution is -0.385. The summed E-state index contributed by atoms with van der Waals surface area (Å²) < 4.78 is 11.5. The Balaban J connectivity index is 2.16. The number of fused-ring (bicyclic) bond motifs is 2. The molecule has 0 aliphatic rings. The molecule has 0 saturated heterocycles. The van der Waals surface area contributed by atoms with E-state index in [0.29, 0.717) is 23.5 Å². The second-order valence-electron chi connectivity index (χ2n) is 6.52. The van der Waals surface area contributed by atoms with Crippen molar-refractivity contribution in [2.75, 3.05) is 14.2 Å². The van der Waals surface area contributed by atoms with Crippen molar-refractivity contribution >= 4 is 27.2 Å². The lowest BCUT2D eigenvalue weighted by Crippen LogP contribution is -2.01. The molecule has 0 aromatic heterocycles. The second kappa shape index (κ2) is 7.19. The standard InChI is InChI=1S/C23H19NO4/c1-27-22-16-10-6-7-11-17(16)23(28-2)21-18(22)12-13-20(24(25)26)19(21)14-15-8-4-3-5-9-15/h3-13H,14H2,1-2H3. The fourth-order valence-electron chi connectivity index (χ4n) is 3.83. The normalized spacial score (nSPS) is 10.9. The van der Waals surface area contributed by atoms with Crippen LogP contribution in [0.15, 0.2) is 66.7 Å². The Morgan fingerprint density at radius 2 is 1.39 bits per heavy atom. The first-order valence-corrected chi connectivity index (χ1v) is 8.92. The number of hydrogen-bond acceptors (Lipinski definition) is 4. The van der Waals surface area contributed by atoms with Crippen LogP contribution >= 0.6 is 0 Å². The molecule has 0 heterocycles. The average Bonchev–Trinajstić information content (AvgIpc) is 2.72. The summed E-state index contributed by atoms with van der Waals surface area (Å²) in [5.41, 5.74) is 1.69. The Bertz CT molecular complexity index is 1190. The monoisotopic (exact) mass is 373 g/mol. The topological polar surface area (TPSA) is 61.6 Å². The fourth-order valence-corrected chi connectivity index (χ4v) is 3.83. The van der Waals surface area contributed by atoms with Gasteiger partial charge < -0.3 is 9.47 Å². The van der Waals surface area contributed by atoms with Gasteiger partial charge in [0.1, 0.15) is 11.5 Å². The van der Waals surface area contributed by atoms with E-state index in [1.165, 1.54) is 0 Å². The van der Waals surface area contributed by atoms with Crippen molar-refractivity contribution in [3.05, 3.63) is 88.0 Å². The lowest BCUT2D eigenvalue weighted by atomic mass is 9.92. The summed E-state index contributed by atoms with van der Waals surface area (Å²) in [4.78, 5) is 11.5. The molecule has 4 rings (SSSR count). The van der Waals surface area contributed by atoms with E-state index in [4.69, 9.17) is 9.47 Å². The molecule has 0 fully saturated rings. The average molecular weight is 373 g/mol. The third kappa shape index (κ3) is 2.81. The summed E-state index contributed by atoms with van der Waals surface area (Å²) in [5, 5.41) is 15.1. The van der Waals surface area contributed by atoms with Gasteiger partial charge in [-0.2, -0.15) is 0 Å². The number of benzene rings is 4. The molecule has 0 atom stereocenters. The number of nitrogens with zero attached hydrogens (tertiary/aromatic N) is 1. The van der Waals surface area contributed by atoms with Crippen LogP contribution in [0.2, 0.25) is 0 Å². The Hall–Kier alpha value is -3.60. The van der Waals surface area contributed by atoms with E-state index in [9.17, 15) is 10.1 Å². The smallest absolute Gasteiger partial charge is 0.273 e. The van der Waals surface area contributed by atoms with Crippen LogP contribution in [0, 0.1) is 10.1 Å². The number of nitro groups is 1. The SMILES string of the molecule is COc1c2ccccc2c(OC)c2c(Cc3ccccc3)c([N+](=O)[O-])ccc12. The van der Waals surface area contributed by atoms with Crippen LogP contribution < -0.4 is 9.47 Å². The van der Waals surface area contributed by atoms with E-state index >= 15 is 0 Å². The molecule has 0 saturated carbocycles. The highest BCUT2D eigenvalue weighted by molar-refractivity contribution is 6.13. The van der Waals surface area contributed by atoms with Crippen molar-refractivity contribution in [3.8, 4) is 11.5 Å². The van der Waals surface area contributed by atoms with E-state index in [1.54, 1.807) is 26.4 Å². The van der Waals surface area contributed by atoms with Crippen LogP contribution in [-0.4, -0.2) is 19.1 Å². The molecule has 0 aliphatic carbocycles. The predicted molar refractivity (Wildman–Crippen MR) is 110 cm³/mol. The zero-order valence-corrected chi connectivity index (χ0v) is 15.6. The first-order chi connectivity index (χ1) is 13.7. The summed E-state index contributed by atoms with van der Waals surface area (Å²) in [7, 11) is 3.21. The van der Waals surface area contributed by atoms with Gasteiger partial charge in [0.15, 0.2) is 0 Å². The number of hydrogen-bond donors (Lipinski definition) is 0. The van der Waals surface area contributed by atoms with Gasteiger partial charge in [0, 0.05) is 39.6 Å². The Morgan fingerprint density at radius 1 is 0.786 bits per heavy atom. The molecule has 0 aliphatic heterocycles.